The highest BCUT2D eigenvalue weighted by atomic mass is 28.4. The average Bonchev–Trinajstić information content (AvgIpc) is 2.66. The zero-order chi connectivity index (χ0) is 21.5. The summed E-state index contributed by atoms with van der Waals surface area (Å²) in [4.78, 5) is 23.7. The van der Waals surface area contributed by atoms with Gasteiger partial charge in [-0.1, -0.05) is 81.4 Å². The summed E-state index contributed by atoms with van der Waals surface area (Å²) in [6.45, 7) is 8.31. The van der Waals surface area contributed by atoms with Gasteiger partial charge in [0.05, 0.1) is 25.6 Å². The van der Waals surface area contributed by atoms with Crippen molar-refractivity contribution < 1.29 is 23.9 Å². The van der Waals surface area contributed by atoms with Crippen LogP contribution in [0.3, 0.4) is 0 Å². The lowest BCUT2D eigenvalue weighted by Crippen LogP contribution is -2.67. The molecule has 2 aromatic rings. The Morgan fingerprint density at radius 2 is 1.41 bits per heavy atom. The summed E-state index contributed by atoms with van der Waals surface area (Å²) in [7, 11) is -2.94. The molecule has 2 rings (SSSR count). The van der Waals surface area contributed by atoms with Gasteiger partial charge < -0.3 is 14.3 Å². The smallest absolute Gasteiger partial charge is 0.308 e. The number of esters is 1. The molecule has 0 saturated heterocycles. The van der Waals surface area contributed by atoms with Crippen molar-refractivity contribution in [3.8, 4) is 0 Å². The van der Waals surface area contributed by atoms with Crippen LogP contribution in [0.4, 0.5) is 0 Å². The Morgan fingerprint density at radius 1 is 0.931 bits per heavy atom. The van der Waals surface area contributed by atoms with Gasteiger partial charge in [0.15, 0.2) is 0 Å². The number of carbonyl (C=O) groups is 2. The van der Waals surface area contributed by atoms with E-state index in [0.717, 1.165) is 10.4 Å². The molecule has 0 aliphatic heterocycles. The van der Waals surface area contributed by atoms with Crippen LogP contribution in [0.15, 0.2) is 60.7 Å². The number of carboxylic acids is 1. The lowest BCUT2D eigenvalue weighted by atomic mass is 10.2. The standard InChI is InChI=1S/C23H30O5Si/c1-5-27-22(26)17-18(16-21(24)25)28-29(23(2,3)4,19-12-8-6-9-13-19)20-14-10-7-11-15-20/h6-15,18H,5,16-17H2,1-4H3,(H,24,25). The molecule has 0 aromatic heterocycles. The zero-order valence-corrected chi connectivity index (χ0v) is 18.6. The van der Waals surface area contributed by atoms with E-state index >= 15 is 0 Å². The van der Waals surface area contributed by atoms with E-state index in [1.165, 1.54) is 0 Å². The zero-order valence-electron chi connectivity index (χ0n) is 17.6. The largest absolute Gasteiger partial charge is 0.481 e. The van der Waals surface area contributed by atoms with Gasteiger partial charge in [0, 0.05) is 0 Å². The Kier molecular flexibility index (Phi) is 7.76. The summed E-state index contributed by atoms with van der Waals surface area (Å²) in [5, 5.41) is 11.2. The average molecular weight is 415 g/mol. The van der Waals surface area contributed by atoms with Crippen LogP contribution in [-0.4, -0.2) is 38.1 Å². The Bertz CT molecular complexity index is 760. The molecule has 2 aromatic carbocycles. The number of ether oxygens (including phenoxy) is 1. The first kappa shape index (κ1) is 22.8. The van der Waals surface area contributed by atoms with Crippen molar-refractivity contribution >= 4 is 30.6 Å². The van der Waals surface area contributed by atoms with Crippen LogP contribution in [0.5, 0.6) is 0 Å². The van der Waals surface area contributed by atoms with Crippen LogP contribution >= 0.6 is 0 Å². The second-order valence-corrected chi connectivity index (χ2v) is 12.3. The lowest BCUT2D eigenvalue weighted by Gasteiger charge is -2.45. The molecule has 1 atom stereocenters. The quantitative estimate of drug-likeness (QED) is 0.503. The van der Waals surface area contributed by atoms with Crippen molar-refractivity contribution in [2.45, 2.75) is 51.7 Å². The van der Waals surface area contributed by atoms with Gasteiger partial charge in [-0.2, -0.15) is 0 Å². The molecule has 156 valence electrons. The minimum atomic E-state index is -2.94. The van der Waals surface area contributed by atoms with Crippen LogP contribution < -0.4 is 10.4 Å². The lowest BCUT2D eigenvalue weighted by molar-refractivity contribution is -0.146. The Morgan fingerprint density at radius 3 is 1.79 bits per heavy atom. The van der Waals surface area contributed by atoms with Gasteiger partial charge in [-0.05, 0) is 22.3 Å². The molecule has 0 fully saturated rings. The number of aliphatic carboxylic acids is 1. The van der Waals surface area contributed by atoms with Gasteiger partial charge >= 0.3 is 11.9 Å². The second-order valence-electron chi connectivity index (χ2n) is 8.01. The number of carbonyl (C=O) groups excluding carboxylic acids is 1. The summed E-state index contributed by atoms with van der Waals surface area (Å²) in [5.41, 5.74) is 0. The molecule has 5 nitrogen and oxygen atoms in total. The van der Waals surface area contributed by atoms with E-state index in [1.54, 1.807) is 6.92 Å². The molecule has 0 bridgehead atoms. The maximum Gasteiger partial charge on any atom is 0.308 e. The van der Waals surface area contributed by atoms with E-state index in [4.69, 9.17) is 9.16 Å². The Labute approximate surface area is 173 Å². The highest BCUT2D eigenvalue weighted by Gasteiger charge is 2.51. The minimum absolute atomic E-state index is 0.0926. The van der Waals surface area contributed by atoms with E-state index in [1.807, 2.05) is 60.7 Å². The first-order valence-electron chi connectivity index (χ1n) is 9.87. The van der Waals surface area contributed by atoms with E-state index in [0.29, 0.717) is 0 Å². The number of benzene rings is 2. The molecule has 6 heteroatoms. The third-order valence-corrected chi connectivity index (χ3v) is 9.95. The van der Waals surface area contributed by atoms with Crippen molar-refractivity contribution in [1.82, 2.24) is 0 Å². The van der Waals surface area contributed by atoms with E-state index < -0.39 is 26.4 Å². The van der Waals surface area contributed by atoms with Gasteiger partial charge in [-0.3, -0.25) is 9.59 Å². The molecule has 0 heterocycles. The molecule has 29 heavy (non-hydrogen) atoms. The predicted octanol–water partition coefficient (Wildman–Crippen LogP) is 3.36. The fraction of sp³-hybridized carbons (Fsp3) is 0.391. The Hall–Kier alpha value is -2.44. The van der Waals surface area contributed by atoms with Crippen molar-refractivity contribution in [3.63, 3.8) is 0 Å². The van der Waals surface area contributed by atoms with Crippen LogP contribution in [0.2, 0.25) is 5.04 Å². The number of carboxylic acid groups (broad SMARTS) is 1. The summed E-state index contributed by atoms with van der Waals surface area (Å²) in [6, 6.07) is 19.9. The maximum atomic E-state index is 12.2. The highest BCUT2D eigenvalue weighted by molar-refractivity contribution is 6.99. The fourth-order valence-corrected chi connectivity index (χ4v) is 8.38. The third-order valence-electron chi connectivity index (χ3n) is 4.86. The van der Waals surface area contributed by atoms with E-state index in [-0.39, 0.29) is 24.5 Å². The fourth-order valence-electron chi connectivity index (χ4n) is 3.70. The van der Waals surface area contributed by atoms with E-state index in [9.17, 15) is 14.7 Å². The van der Waals surface area contributed by atoms with Gasteiger partial charge in [-0.15, -0.1) is 0 Å². The van der Waals surface area contributed by atoms with Crippen molar-refractivity contribution in [2.75, 3.05) is 6.61 Å². The van der Waals surface area contributed by atoms with Gasteiger partial charge in [0.1, 0.15) is 0 Å². The second kappa shape index (κ2) is 9.85. The third kappa shape index (κ3) is 5.55. The molecule has 0 aliphatic rings. The first-order valence-corrected chi connectivity index (χ1v) is 11.8. The SMILES string of the molecule is CCOC(=O)CC(CC(=O)O)O[Si](c1ccccc1)(c1ccccc1)C(C)(C)C. The number of hydrogen-bond donors (Lipinski definition) is 1. The van der Waals surface area contributed by atoms with Gasteiger partial charge in [-0.25, -0.2) is 0 Å². The van der Waals surface area contributed by atoms with Crippen molar-refractivity contribution in [2.24, 2.45) is 0 Å². The summed E-state index contributed by atoms with van der Waals surface area (Å²) >= 11 is 0. The van der Waals surface area contributed by atoms with Crippen LogP contribution in [0, 0.1) is 0 Å². The van der Waals surface area contributed by atoms with Crippen molar-refractivity contribution in [1.29, 1.82) is 0 Å². The van der Waals surface area contributed by atoms with Crippen LogP contribution in [0.1, 0.15) is 40.5 Å². The molecular formula is C23H30O5Si. The number of hydrogen-bond acceptors (Lipinski definition) is 4. The monoisotopic (exact) mass is 414 g/mol. The first-order chi connectivity index (χ1) is 13.7. The molecule has 1 N–H and O–H groups in total. The van der Waals surface area contributed by atoms with E-state index in [2.05, 4.69) is 20.8 Å². The maximum absolute atomic E-state index is 12.2. The molecule has 1 unspecified atom stereocenters. The predicted molar refractivity (Wildman–Crippen MR) is 116 cm³/mol. The number of rotatable bonds is 9. The topological polar surface area (TPSA) is 72.8 Å². The summed E-state index contributed by atoms with van der Waals surface area (Å²) in [6.07, 6.45) is -1.13. The molecule has 0 spiro atoms. The highest BCUT2D eigenvalue weighted by Crippen LogP contribution is 2.38. The Balaban J connectivity index is 2.61. The molecule has 0 radical (unpaired) electrons. The van der Waals surface area contributed by atoms with Crippen LogP contribution in [-0.2, 0) is 18.8 Å². The molecular weight excluding hydrogens is 384 g/mol. The van der Waals surface area contributed by atoms with Gasteiger partial charge in [0.2, 0.25) is 0 Å². The minimum Gasteiger partial charge on any atom is -0.481 e. The summed E-state index contributed by atoms with van der Waals surface area (Å²) in [5.74, 6) is -1.45. The molecule has 0 aliphatic carbocycles. The normalized spacial score (nSPS) is 13.0. The van der Waals surface area contributed by atoms with Crippen molar-refractivity contribution in [3.05, 3.63) is 60.7 Å². The summed E-state index contributed by atoms with van der Waals surface area (Å²) < 4.78 is 11.8. The molecule has 0 saturated carbocycles. The molecule has 0 amide bonds. The van der Waals surface area contributed by atoms with Gasteiger partial charge in [0.25, 0.3) is 8.32 Å². The van der Waals surface area contributed by atoms with Crippen LogP contribution in [0.25, 0.3) is 0 Å².